The zero-order valence-electron chi connectivity index (χ0n) is 8.50. The first kappa shape index (κ1) is 10.3. The van der Waals surface area contributed by atoms with Crippen molar-refractivity contribution in [2.45, 2.75) is 12.3 Å². The van der Waals surface area contributed by atoms with Crippen molar-refractivity contribution in [2.24, 2.45) is 5.73 Å². The number of nitrogens with one attached hydrogen (secondary N) is 1. The maximum Gasteiger partial charge on any atom is 0.218 e. The summed E-state index contributed by atoms with van der Waals surface area (Å²) in [5.41, 5.74) is 6.06. The van der Waals surface area contributed by atoms with Gasteiger partial charge >= 0.3 is 0 Å². The van der Waals surface area contributed by atoms with Gasteiger partial charge in [0.2, 0.25) is 5.91 Å². The fourth-order valence-corrected chi connectivity index (χ4v) is 1.50. The van der Waals surface area contributed by atoms with E-state index in [1.54, 1.807) is 30.9 Å². The lowest BCUT2D eigenvalue weighted by Gasteiger charge is -2.10. The third kappa shape index (κ3) is 2.22. The van der Waals surface area contributed by atoms with Crippen LogP contribution in [0.4, 0.5) is 0 Å². The van der Waals surface area contributed by atoms with E-state index < -0.39 is 5.91 Å². The summed E-state index contributed by atoms with van der Waals surface area (Å²) in [6, 6.07) is 1.72. The summed E-state index contributed by atoms with van der Waals surface area (Å²) < 4.78 is 0. The van der Waals surface area contributed by atoms with Gasteiger partial charge in [-0.3, -0.25) is 9.89 Å². The fourth-order valence-electron chi connectivity index (χ4n) is 1.50. The van der Waals surface area contributed by atoms with Crippen LogP contribution >= 0.6 is 0 Å². The van der Waals surface area contributed by atoms with Crippen molar-refractivity contribution in [1.29, 1.82) is 0 Å². The van der Waals surface area contributed by atoms with Gasteiger partial charge in [0, 0.05) is 30.6 Å². The van der Waals surface area contributed by atoms with Gasteiger partial charge in [-0.2, -0.15) is 5.10 Å². The Balaban J connectivity index is 2.32. The van der Waals surface area contributed by atoms with Crippen LogP contribution in [-0.4, -0.2) is 26.1 Å². The predicted octanol–water partition coefficient (Wildman–Crippen LogP) is 0.207. The van der Waals surface area contributed by atoms with Crippen LogP contribution in [0.5, 0.6) is 0 Å². The Morgan fingerprint density at radius 1 is 1.44 bits per heavy atom. The summed E-state index contributed by atoms with van der Waals surface area (Å²) in [4.78, 5) is 19.3. The average Bonchev–Trinajstić information content (AvgIpc) is 2.80. The molecule has 0 spiro atoms. The molecular weight excluding hydrogens is 206 g/mol. The molecule has 2 aromatic rings. The topological polar surface area (TPSA) is 97.6 Å². The number of nitrogens with zero attached hydrogens (tertiary/aromatic N) is 3. The fraction of sp³-hybridized carbons (Fsp3) is 0.200. The lowest BCUT2D eigenvalue weighted by atomic mass is 9.97. The average molecular weight is 217 g/mol. The number of aromatic nitrogens is 4. The van der Waals surface area contributed by atoms with E-state index in [1.165, 1.54) is 0 Å². The number of H-pyrrole nitrogens is 1. The third-order valence-electron chi connectivity index (χ3n) is 2.22. The molecule has 0 fully saturated rings. The molecule has 82 valence electrons. The van der Waals surface area contributed by atoms with Crippen LogP contribution in [0.3, 0.4) is 0 Å². The van der Waals surface area contributed by atoms with Crippen molar-refractivity contribution in [3.8, 4) is 0 Å². The Labute approximate surface area is 91.9 Å². The molecule has 6 nitrogen and oxygen atoms in total. The minimum Gasteiger partial charge on any atom is -0.370 e. The monoisotopic (exact) mass is 217 g/mol. The van der Waals surface area contributed by atoms with Crippen molar-refractivity contribution >= 4 is 5.91 Å². The maximum atomic E-state index is 11.0. The Morgan fingerprint density at radius 2 is 2.19 bits per heavy atom. The molecule has 16 heavy (non-hydrogen) atoms. The molecule has 2 aromatic heterocycles. The van der Waals surface area contributed by atoms with Crippen LogP contribution in [0, 0.1) is 0 Å². The molecule has 0 saturated heterocycles. The van der Waals surface area contributed by atoms with E-state index >= 15 is 0 Å². The highest BCUT2D eigenvalue weighted by molar-refractivity contribution is 5.75. The molecule has 2 heterocycles. The number of nitrogens with two attached hydrogens (primary N) is 1. The van der Waals surface area contributed by atoms with Gasteiger partial charge in [0.1, 0.15) is 5.82 Å². The predicted molar refractivity (Wildman–Crippen MR) is 56.3 cm³/mol. The number of amides is 1. The van der Waals surface area contributed by atoms with Gasteiger partial charge < -0.3 is 5.73 Å². The Kier molecular flexibility index (Phi) is 2.90. The van der Waals surface area contributed by atoms with Crippen molar-refractivity contribution < 1.29 is 4.79 Å². The largest absolute Gasteiger partial charge is 0.370 e. The first-order valence-electron chi connectivity index (χ1n) is 4.81. The molecule has 0 aliphatic carbocycles. The molecule has 1 atom stereocenters. The molecule has 3 N–H and O–H groups in total. The summed E-state index contributed by atoms with van der Waals surface area (Å²) >= 11 is 0. The summed E-state index contributed by atoms with van der Waals surface area (Å²) in [7, 11) is 0. The van der Waals surface area contributed by atoms with Crippen LogP contribution in [-0.2, 0) is 4.79 Å². The van der Waals surface area contributed by atoms with Gasteiger partial charge in [0.05, 0.1) is 12.1 Å². The summed E-state index contributed by atoms with van der Waals surface area (Å²) in [5.74, 6) is -0.0567. The number of rotatable bonds is 4. The van der Waals surface area contributed by atoms with E-state index in [2.05, 4.69) is 20.2 Å². The normalized spacial score (nSPS) is 12.2. The van der Waals surface area contributed by atoms with Crippen LogP contribution in [0.25, 0.3) is 0 Å². The molecule has 1 unspecified atom stereocenters. The quantitative estimate of drug-likeness (QED) is 0.764. The Bertz CT molecular complexity index is 453. The minimum absolute atomic E-state index is 0.170. The zero-order chi connectivity index (χ0) is 11.4. The second-order valence-electron chi connectivity index (χ2n) is 3.36. The second-order valence-corrected chi connectivity index (χ2v) is 3.36. The Morgan fingerprint density at radius 3 is 2.75 bits per heavy atom. The lowest BCUT2D eigenvalue weighted by Crippen LogP contribution is -2.17. The van der Waals surface area contributed by atoms with Crippen LogP contribution < -0.4 is 5.73 Å². The molecule has 0 aliphatic rings. The van der Waals surface area contributed by atoms with Crippen molar-refractivity contribution in [3.63, 3.8) is 0 Å². The third-order valence-corrected chi connectivity index (χ3v) is 2.22. The van der Waals surface area contributed by atoms with Gasteiger partial charge in [-0.05, 0) is 6.07 Å². The first-order chi connectivity index (χ1) is 7.77. The molecule has 0 bridgehead atoms. The van der Waals surface area contributed by atoms with E-state index in [9.17, 15) is 4.79 Å². The first-order valence-corrected chi connectivity index (χ1v) is 4.81. The highest BCUT2D eigenvalue weighted by atomic mass is 16.1. The van der Waals surface area contributed by atoms with Gasteiger partial charge in [-0.25, -0.2) is 9.97 Å². The molecule has 1 amide bonds. The molecule has 0 saturated carbocycles. The van der Waals surface area contributed by atoms with Crippen LogP contribution in [0.15, 0.2) is 30.9 Å². The molecular formula is C10H11N5O. The van der Waals surface area contributed by atoms with Gasteiger partial charge in [-0.15, -0.1) is 0 Å². The number of carbonyl (C=O) groups is 1. The van der Waals surface area contributed by atoms with Crippen molar-refractivity contribution in [1.82, 2.24) is 20.2 Å². The minimum atomic E-state index is -0.390. The maximum absolute atomic E-state index is 11.0. The molecule has 2 rings (SSSR count). The number of hydrogen-bond acceptors (Lipinski definition) is 4. The zero-order valence-corrected chi connectivity index (χ0v) is 8.50. The molecule has 0 aliphatic heterocycles. The lowest BCUT2D eigenvalue weighted by molar-refractivity contribution is -0.118. The van der Waals surface area contributed by atoms with E-state index in [4.69, 9.17) is 5.73 Å². The van der Waals surface area contributed by atoms with E-state index in [1.807, 2.05) is 0 Å². The highest BCUT2D eigenvalue weighted by Gasteiger charge is 2.20. The van der Waals surface area contributed by atoms with E-state index in [-0.39, 0.29) is 12.3 Å². The van der Waals surface area contributed by atoms with Crippen LogP contribution in [0.2, 0.25) is 0 Å². The second kappa shape index (κ2) is 4.52. The van der Waals surface area contributed by atoms with Gasteiger partial charge in [-0.1, -0.05) is 0 Å². The summed E-state index contributed by atoms with van der Waals surface area (Å²) in [5, 5.41) is 6.54. The summed E-state index contributed by atoms with van der Waals surface area (Å²) in [6.07, 6.45) is 6.80. The number of hydrogen-bond donors (Lipinski definition) is 2. The highest BCUT2D eigenvalue weighted by Crippen LogP contribution is 2.23. The Hall–Kier alpha value is -2.24. The standard InChI is InChI=1S/C10H11N5O/c11-9(16)4-8(7-5-14-15-6-7)10-12-2-1-3-13-10/h1-3,5-6,8H,4H2,(H2,11,16)(H,14,15). The molecule has 6 heteroatoms. The molecule has 0 aromatic carbocycles. The van der Waals surface area contributed by atoms with E-state index in [0.717, 1.165) is 5.56 Å². The number of carbonyl (C=O) groups excluding carboxylic acids is 1. The smallest absolute Gasteiger partial charge is 0.218 e. The molecule has 0 radical (unpaired) electrons. The van der Waals surface area contributed by atoms with Crippen molar-refractivity contribution in [3.05, 3.63) is 42.2 Å². The number of primary amides is 1. The summed E-state index contributed by atoms with van der Waals surface area (Å²) in [6.45, 7) is 0. The van der Waals surface area contributed by atoms with Crippen molar-refractivity contribution in [2.75, 3.05) is 0 Å². The van der Waals surface area contributed by atoms with Crippen LogP contribution in [0.1, 0.15) is 23.7 Å². The van der Waals surface area contributed by atoms with Gasteiger partial charge in [0.15, 0.2) is 0 Å². The SMILES string of the molecule is NC(=O)CC(c1cn[nH]c1)c1ncccn1. The number of aromatic amines is 1. The van der Waals surface area contributed by atoms with Gasteiger partial charge in [0.25, 0.3) is 0 Å². The van der Waals surface area contributed by atoms with E-state index in [0.29, 0.717) is 5.82 Å².